The van der Waals surface area contributed by atoms with E-state index < -0.39 is 12.1 Å². The number of hydrogen-bond acceptors (Lipinski definition) is 3. The molecule has 30 heavy (non-hydrogen) atoms. The molecule has 5 heteroatoms. The molecule has 0 saturated heterocycles. The van der Waals surface area contributed by atoms with E-state index in [-0.39, 0.29) is 12.4 Å². The monoisotopic (exact) mass is 428 g/mol. The van der Waals surface area contributed by atoms with Crippen molar-refractivity contribution in [3.05, 3.63) is 0 Å². The summed E-state index contributed by atoms with van der Waals surface area (Å²) in [4.78, 5) is 23.0. The van der Waals surface area contributed by atoms with Crippen molar-refractivity contribution in [2.24, 2.45) is 0 Å². The Balaban J connectivity index is 3.56. The summed E-state index contributed by atoms with van der Waals surface area (Å²) in [7, 11) is 5.91. The smallest absolute Gasteiger partial charge is 0.307 e. The average Bonchev–Trinajstić information content (AvgIpc) is 2.63. The lowest BCUT2D eigenvalue weighted by Crippen LogP contribution is -2.43. The maximum Gasteiger partial charge on any atom is 0.307 e. The van der Waals surface area contributed by atoms with E-state index in [0.717, 1.165) is 12.8 Å². The number of hydrogen-bond donors (Lipinski definition) is 1. The number of quaternary nitrogens is 1. The van der Waals surface area contributed by atoms with Crippen LogP contribution in [0.1, 0.15) is 116 Å². The lowest BCUT2D eigenvalue weighted by Gasteiger charge is -2.28. The maximum absolute atomic E-state index is 12.0. The third-order valence-electron chi connectivity index (χ3n) is 5.44. The van der Waals surface area contributed by atoms with Gasteiger partial charge in [0.05, 0.1) is 27.6 Å². The first-order valence-corrected chi connectivity index (χ1v) is 12.5. The van der Waals surface area contributed by atoms with E-state index in [1.54, 1.807) is 0 Å². The summed E-state index contributed by atoms with van der Waals surface area (Å²) < 4.78 is 5.99. The van der Waals surface area contributed by atoms with Crippen molar-refractivity contribution in [1.29, 1.82) is 0 Å². The van der Waals surface area contributed by atoms with Gasteiger partial charge >= 0.3 is 11.9 Å². The minimum Gasteiger partial charge on any atom is -0.481 e. The molecule has 0 bridgehead atoms. The predicted molar refractivity (Wildman–Crippen MR) is 125 cm³/mol. The molecule has 0 spiro atoms. The standard InChI is InChI=1S/C25H49NO4/c1-5-6-7-8-9-10-11-12-13-14-15-16-17-18-19-20-25(29)30-23(21-24(27)28)22-26(2,3)4/h23H,5-22H2,1-4H3/p+1/t23-/m0/s1. The number of unbranched alkanes of at least 4 members (excludes halogenated alkanes) is 14. The molecular weight excluding hydrogens is 378 g/mol. The first-order chi connectivity index (χ1) is 14.2. The first-order valence-electron chi connectivity index (χ1n) is 12.5. The van der Waals surface area contributed by atoms with Crippen LogP contribution >= 0.6 is 0 Å². The summed E-state index contributed by atoms with van der Waals surface area (Å²) in [6.07, 6.45) is 19.1. The van der Waals surface area contributed by atoms with Gasteiger partial charge in [0.1, 0.15) is 6.54 Å². The second-order valence-electron chi connectivity index (χ2n) is 9.88. The largest absolute Gasteiger partial charge is 0.481 e. The highest BCUT2D eigenvalue weighted by molar-refractivity contribution is 5.71. The van der Waals surface area contributed by atoms with Crippen LogP contribution in [0, 0.1) is 0 Å². The number of likely N-dealkylation sites (N-methyl/N-ethyl adjacent to an activating group) is 1. The van der Waals surface area contributed by atoms with Crippen LogP contribution in [0.5, 0.6) is 0 Å². The van der Waals surface area contributed by atoms with Gasteiger partial charge in [-0.05, 0) is 6.42 Å². The number of rotatable bonds is 21. The van der Waals surface area contributed by atoms with Crippen molar-refractivity contribution in [3.8, 4) is 0 Å². The molecule has 0 aliphatic carbocycles. The molecule has 0 aromatic carbocycles. The number of nitrogens with zero attached hydrogens (tertiary/aromatic N) is 1. The van der Waals surface area contributed by atoms with Crippen LogP contribution < -0.4 is 0 Å². The van der Waals surface area contributed by atoms with Gasteiger partial charge in [-0.25, -0.2) is 0 Å². The molecule has 0 heterocycles. The highest BCUT2D eigenvalue weighted by Gasteiger charge is 2.24. The molecule has 0 unspecified atom stereocenters. The molecule has 1 N–H and O–H groups in total. The van der Waals surface area contributed by atoms with Gasteiger partial charge in [0.2, 0.25) is 0 Å². The van der Waals surface area contributed by atoms with Gasteiger partial charge in [-0.2, -0.15) is 0 Å². The Bertz CT molecular complexity index is 431. The van der Waals surface area contributed by atoms with Crippen LogP contribution in [-0.4, -0.2) is 55.3 Å². The molecule has 0 rings (SSSR count). The van der Waals surface area contributed by atoms with Gasteiger partial charge in [0, 0.05) is 6.42 Å². The lowest BCUT2D eigenvalue weighted by molar-refractivity contribution is -0.873. The molecule has 0 fully saturated rings. The van der Waals surface area contributed by atoms with Crippen molar-refractivity contribution >= 4 is 11.9 Å². The van der Waals surface area contributed by atoms with Crippen molar-refractivity contribution in [2.45, 2.75) is 122 Å². The summed E-state index contributed by atoms with van der Waals surface area (Å²) in [6.45, 7) is 2.78. The molecule has 0 aliphatic rings. The van der Waals surface area contributed by atoms with E-state index in [4.69, 9.17) is 9.84 Å². The van der Waals surface area contributed by atoms with Crippen LogP contribution in [-0.2, 0) is 14.3 Å². The summed E-state index contributed by atoms with van der Waals surface area (Å²) in [5.41, 5.74) is 0. The van der Waals surface area contributed by atoms with Crippen molar-refractivity contribution in [2.75, 3.05) is 27.7 Å². The van der Waals surface area contributed by atoms with Crippen LogP contribution in [0.25, 0.3) is 0 Å². The zero-order valence-electron chi connectivity index (χ0n) is 20.4. The van der Waals surface area contributed by atoms with E-state index >= 15 is 0 Å². The lowest BCUT2D eigenvalue weighted by atomic mass is 10.0. The second kappa shape index (κ2) is 18.7. The Hall–Kier alpha value is -1.10. The zero-order valence-corrected chi connectivity index (χ0v) is 20.4. The van der Waals surface area contributed by atoms with Crippen molar-refractivity contribution < 1.29 is 23.9 Å². The summed E-state index contributed by atoms with van der Waals surface area (Å²) >= 11 is 0. The Morgan fingerprint density at radius 2 is 1.13 bits per heavy atom. The average molecular weight is 429 g/mol. The van der Waals surface area contributed by atoms with Crippen molar-refractivity contribution in [1.82, 2.24) is 0 Å². The third-order valence-corrected chi connectivity index (χ3v) is 5.44. The van der Waals surface area contributed by atoms with E-state index in [2.05, 4.69) is 6.92 Å². The molecule has 0 aromatic heterocycles. The fourth-order valence-corrected chi connectivity index (χ4v) is 3.83. The van der Waals surface area contributed by atoms with Crippen LogP contribution in [0.3, 0.4) is 0 Å². The second-order valence-corrected chi connectivity index (χ2v) is 9.88. The molecule has 0 saturated carbocycles. The summed E-state index contributed by atoms with van der Waals surface area (Å²) in [6, 6.07) is 0. The van der Waals surface area contributed by atoms with Crippen molar-refractivity contribution in [3.63, 3.8) is 0 Å². The number of ether oxygens (including phenoxy) is 1. The number of esters is 1. The zero-order chi connectivity index (χ0) is 22.7. The third kappa shape index (κ3) is 21.6. The quantitative estimate of drug-likeness (QED) is 0.132. The van der Waals surface area contributed by atoms with E-state index in [1.165, 1.54) is 83.5 Å². The normalized spacial score (nSPS) is 12.7. The Labute approximate surface area is 186 Å². The van der Waals surface area contributed by atoms with Gasteiger partial charge in [0.25, 0.3) is 0 Å². The fourth-order valence-electron chi connectivity index (χ4n) is 3.83. The molecule has 0 aliphatic heterocycles. The SMILES string of the molecule is CCCCCCCCCCCCCCCCCC(=O)O[C@@H](CC(=O)O)C[N+](C)(C)C. The molecule has 5 nitrogen and oxygen atoms in total. The minimum atomic E-state index is -0.923. The van der Waals surface area contributed by atoms with Gasteiger partial charge in [-0.1, -0.05) is 96.8 Å². The van der Waals surface area contributed by atoms with Gasteiger partial charge < -0.3 is 14.3 Å². The first kappa shape index (κ1) is 28.9. The maximum atomic E-state index is 12.0. The number of carboxylic acids is 1. The van der Waals surface area contributed by atoms with Crippen LogP contribution in [0.15, 0.2) is 0 Å². The topological polar surface area (TPSA) is 63.6 Å². The van der Waals surface area contributed by atoms with Gasteiger partial charge in [-0.3, -0.25) is 9.59 Å². The molecule has 0 radical (unpaired) electrons. The molecule has 1 atom stereocenters. The van der Waals surface area contributed by atoms with E-state index in [0.29, 0.717) is 17.4 Å². The van der Waals surface area contributed by atoms with Gasteiger partial charge in [-0.15, -0.1) is 0 Å². The Morgan fingerprint density at radius 1 is 0.733 bits per heavy atom. The van der Waals surface area contributed by atoms with Crippen LogP contribution in [0.4, 0.5) is 0 Å². The summed E-state index contributed by atoms with van der Waals surface area (Å²) in [5.74, 6) is -1.18. The molecule has 178 valence electrons. The number of carbonyl (C=O) groups is 2. The number of aliphatic carboxylic acids is 1. The van der Waals surface area contributed by atoms with E-state index in [9.17, 15) is 9.59 Å². The minimum absolute atomic E-state index is 0.125. The summed E-state index contributed by atoms with van der Waals surface area (Å²) in [5, 5.41) is 9.01. The molecule has 0 amide bonds. The number of carbonyl (C=O) groups excluding carboxylic acids is 1. The Morgan fingerprint density at radius 3 is 1.50 bits per heavy atom. The van der Waals surface area contributed by atoms with Crippen LogP contribution in [0.2, 0.25) is 0 Å². The highest BCUT2D eigenvalue weighted by Crippen LogP contribution is 2.14. The highest BCUT2D eigenvalue weighted by atomic mass is 16.5. The predicted octanol–water partition coefficient (Wildman–Crippen LogP) is 6.34. The number of carboxylic acid groups (broad SMARTS) is 1. The van der Waals surface area contributed by atoms with Gasteiger partial charge in [0.15, 0.2) is 6.10 Å². The Kier molecular flexibility index (Phi) is 18.0. The molecular formula is C25H50NO4+. The van der Waals surface area contributed by atoms with E-state index in [1.807, 2.05) is 21.1 Å². The molecule has 0 aromatic rings. The fraction of sp³-hybridized carbons (Fsp3) is 0.920.